The summed E-state index contributed by atoms with van der Waals surface area (Å²) in [6, 6.07) is 12.7. The van der Waals surface area contributed by atoms with Crippen molar-refractivity contribution in [2.24, 2.45) is 0 Å². The predicted molar refractivity (Wildman–Crippen MR) is 97.3 cm³/mol. The van der Waals surface area contributed by atoms with Crippen LogP contribution in [0.2, 0.25) is 0 Å². The summed E-state index contributed by atoms with van der Waals surface area (Å²) in [6.07, 6.45) is 0. The quantitative estimate of drug-likeness (QED) is 0.800. The number of hydrogen-bond donors (Lipinski definition) is 2. The van der Waals surface area contributed by atoms with Crippen molar-refractivity contribution in [3.8, 4) is 11.5 Å². The van der Waals surface area contributed by atoms with Crippen molar-refractivity contribution in [1.29, 1.82) is 0 Å². The second-order valence-corrected chi connectivity index (χ2v) is 6.94. The van der Waals surface area contributed by atoms with Crippen LogP contribution in [-0.4, -0.2) is 23.9 Å². The Morgan fingerprint density at radius 1 is 1.00 bits per heavy atom. The summed E-state index contributed by atoms with van der Waals surface area (Å²) in [7, 11) is 0. The van der Waals surface area contributed by atoms with Gasteiger partial charge < -0.3 is 20.1 Å². The third kappa shape index (κ3) is 4.45. The van der Waals surface area contributed by atoms with Gasteiger partial charge in [-0.1, -0.05) is 0 Å². The van der Waals surface area contributed by atoms with Crippen LogP contribution in [0.3, 0.4) is 0 Å². The van der Waals surface area contributed by atoms with Crippen molar-refractivity contribution in [3.05, 3.63) is 42.5 Å². The minimum Gasteiger partial charge on any atom is -0.454 e. The molecule has 7 heteroatoms. The SMILES string of the molecule is CC(=O)Nc1ccc(SC(C)C(=O)Nc2ccc3c(c2)OCO3)cc1. The zero-order chi connectivity index (χ0) is 17.8. The molecule has 2 aromatic carbocycles. The molecule has 2 amide bonds. The number of ether oxygens (including phenoxy) is 2. The number of nitrogens with one attached hydrogen (secondary N) is 2. The van der Waals surface area contributed by atoms with E-state index in [0.29, 0.717) is 17.2 Å². The van der Waals surface area contributed by atoms with Gasteiger partial charge in [-0.15, -0.1) is 11.8 Å². The number of thioether (sulfide) groups is 1. The fourth-order valence-electron chi connectivity index (χ4n) is 2.30. The lowest BCUT2D eigenvalue weighted by Crippen LogP contribution is -2.22. The standard InChI is InChI=1S/C18H18N2O4S/c1-11(25-15-6-3-13(4-7-15)19-12(2)21)18(22)20-14-5-8-16-17(9-14)24-10-23-16/h3-9,11H,10H2,1-2H3,(H,19,21)(H,20,22). The maximum absolute atomic E-state index is 12.4. The van der Waals surface area contributed by atoms with Crippen LogP contribution in [0, 0.1) is 0 Å². The van der Waals surface area contributed by atoms with Gasteiger partial charge in [-0.25, -0.2) is 0 Å². The van der Waals surface area contributed by atoms with E-state index in [9.17, 15) is 9.59 Å². The summed E-state index contributed by atoms with van der Waals surface area (Å²) in [6.45, 7) is 3.51. The summed E-state index contributed by atoms with van der Waals surface area (Å²) in [4.78, 5) is 24.3. The molecule has 25 heavy (non-hydrogen) atoms. The van der Waals surface area contributed by atoms with Crippen LogP contribution in [-0.2, 0) is 9.59 Å². The number of fused-ring (bicyclic) bond motifs is 1. The Morgan fingerprint density at radius 3 is 2.40 bits per heavy atom. The number of hydrogen-bond acceptors (Lipinski definition) is 5. The summed E-state index contributed by atoms with van der Waals surface area (Å²) in [5.41, 5.74) is 1.40. The molecule has 0 aromatic heterocycles. The lowest BCUT2D eigenvalue weighted by molar-refractivity contribution is -0.115. The van der Waals surface area contributed by atoms with E-state index >= 15 is 0 Å². The first-order valence-corrected chi connectivity index (χ1v) is 8.64. The molecule has 1 atom stereocenters. The summed E-state index contributed by atoms with van der Waals surface area (Å²) in [5.74, 6) is 1.10. The third-order valence-electron chi connectivity index (χ3n) is 3.50. The highest BCUT2D eigenvalue weighted by molar-refractivity contribution is 8.00. The number of carbonyl (C=O) groups excluding carboxylic acids is 2. The minimum atomic E-state index is -0.281. The monoisotopic (exact) mass is 358 g/mol. The maximum Gasteiger partial charge on any atom is 0.237 e. The molecule has 1 heterocycles. The normalized spacial score (nSPS) is 13.2. The highest BCUT2D eigenvalue weighted by atomic mass is 32.2. The van der Waals surface area contributed by atoms with Gasteiger partial charge >= 0.3 is 0 Å². The highest BCUT2D eigenvalue weighted by Gasteiger charge is 2.17. The van der Waals surface area contributed by atoms with E-state index in [0.717, 1.165) is 10.6 Å². The van der Waals surface area contributed by atoms with Crippen molar-refractivity contribution in [1.82, 2.24) is 0 Å². The molecule has 1 aliphatic rings. The molecule has 6 nitrogen and oxygen atoms in total. The topological polar surface area (TPSA) is 76.7 Å². The molecule has 0 spiro atoms. The predicted octanol–water partition coefficient (Wildman–Crippen LogP) is 3.49. The molecule has 2 N–H and O–H groups in total. The summed E-state index contributed by atoms with van der Waals surface area (Å²) in [5, 5.41) is 5.31. The average molecular weight is 358 g/mol. The molecule has 0 fully saturated rings. The first-order chi connectivity index (χ1) is 12.0. The van der Waals surface area contributed by atoms with Gasteiger partial charge in [0.2, 0.25) is 18.6 Å². The number of rotatable bonds is 5. The first-order valence-electron chi connectivity index (χ1n) is 7.76. The minimum absolute atomic E-state index is 0.102. The Kier molecular flexibility index (Phi) is 5.14. The van der Waals surface area contributed by atoms with Gasteiger partial charge in [0.25, 0.3) is 0 Å². The lowest BCUT2D eigenvalue weighted by Gasteiger charge is -2.13. The molecule has 0 bridgehead atoms. The molecule has 1 unspecified atom stereocenters. The van der Waals surface area contributed by atoms with E-state index in [1.54, 1.807) is 18.2 Å². The van der Waals surface area contributed by atoms with Crippen LogP contribution >= 0.6 is 11.8 Å². The molecular weight excluding hydrogens is 340 g/mol. The van der Waals surface area contributed by atoms with Gasteiger partial charge in [0.05, 0.1) is 5.25 Å². The molecule has 2 aromatic rings. The molecule has 0 radical (unpaired) electrons. The van der Waals surface area contributed by atoms with Crippen molar-refractivity contribution < 1.29 is 19.1 Å². The smallest absolute Gasteiger partial charge is 0.237 e. The fourth-order valence-corrected chi connectivity index (χ4v) is 3.16. The second-order valence-electron chi connectivity index (χ2n) is 5.52. The number of benzene rings is 2. The fraction of sp³-hybridized carbons (Fsp3) is 0.222. The van der Waals surface area contributed by atoms with Crippen LogP contribution in [0.1, 0.15) is 13.8 Å². The van der Waals surface area contributed by atoms with Crippen molar-refractivity contribution in [3.63, 3.8) is 0 Å². The molecule has 0 saturated heterocycles. The molecule has 1 aliphatic heterocycles. The van der Waals surface area contributed by atoms with Gasteiger partial charge in [-0.3, -0.25) is 9.59 Å². The first kappa shape index (κ1) is 17.2. The Bertz CT molecular complexity index is 792. The van der Waals surface area contributed by atoms with Crippen molar-refractivity contribution in [2.45, 2.75) is 24.0 Å². The van der Waals surface area contributed by atoms with Gasteiger partial charge in [0, 0.05) is 29.3 Å². The Hall–Kier alpha value is -2.67. The van der Waals surface area contributed by atoms with Crippen molar-refractivity contribution >= 4 is 35.0 Å². The van der Waals surface area contributed by atoms with Crippen LogP contribution in [0.15, 0.2) is 47.4 Å². The van der Waals surface area contributed by atoms with Gasteiger partial charge in [0.1, 0.15) is 0 Å². The van der Waals surface area contributed by atoms with Crippen LogP contribution in [0.4, 0.5) is 11.4 Å². The summed E-state index contributed by atoms with van der Waals surface area (Å²) < 4.78 is 10.6. The Balaban J connectivity index is 1.58. The largest absolute Gasteiger partial charge is 0.454 e. The van der Waals surface area contributed by atoms with E-state index in [2.05, 4.69) is 10.6 Å². The van der Waals surface area contributed by atoms with E-state index in [-0.39, 0.29) is 23.9 Å². The van der Waals surface area contributed by atoms with Crippen LogP contribution in [0.5, 0.6) is 11.5 Å². The van der Waals surface area contributed by atoms with Gasteiger partial charge in [-0.2, -0.15) is 0 Å². The van der Waals surface area contributed by atoms with E-state index < -0.39 is 0 Å². The number of anilines is 2. The van der Waals surface area contributed by atoms with Gasteiger partial charge in [0.15, 0.2) is 11.5 Å². The molecule has 130 valence electrons. The molecular formula is C18H18N2O4S. The van der Waals surface area contributed by atoms with E-state index in [4.69, 9.17) is 9.47 Å². The molecule has 0 saturated carbocycles. The lowest BCUT2D eigenvalue weighted by atomic mass is 10.2. The second kappa shape index (κ2) is 7.48. The van der Waals surface area contributed by atoms with Gasteiger partial charge in [-0.05, 0) is 43.3 Å². The Morgan fingerprint density at radius 2 is 1.68 bits per heavy atom. The average Bonchev–Trinajstić information content (AvgIpc) is 3.03. The van der Waals surface area contributed by atoms with Crippen LogP contribution < -0.4 is 20.1 Å². The zero-order valence-electron chi connectivity index (χ0n) is 13.9. The Labute approximate surface area is 149 Å². The summed E-state index contributed by atoms with van der Waals surface area (Å²) >= 11 is 1.44. The van der Waals surface area contributed by atoms with Crippen LogP contribution in [0.25, 0.3) is 0 Å². The molecule has 3 rings (SSSR count). The zero-order valence-corrected chi connectivity index (χ0v) is 14.7. The van der Waals surface area contributed by atoms with E-state index in [1.165, 1.54) is 18.7 Å². The van der Waals surface area contributed by atoms with Crippen molar-refractivity contribution in [2.75, 3.05) is 17.4 Å². The number of amides is 2. The third-order valence-corrected chi connectivity index (χ3v) is 4.61. The maximum atomic E-state index is 12.4. The number of carbonyl (C=O) groups is 2. The highest BCUT2D eigenvalue weighted by Crippen LogP contribution is 2.34. The van der Waals surface area contributed by atoms with E-state index in [1.807, 2.05) is 31.2 Å². The molecule has 0 aliphatic carbocycles.